The van der Waals surface area contributed by atoms with E-state index in [1.54, 1.807) is 0 Å². The van der Waals surface area contributed by atoms with E-state index in [0.717, 1.165) is 18.9 Å². The molecule has 1 N–H and O–H groups in total. The topological polar surface area (TPSA) is 46.2 Å². The zero-order chi connectivity index (χ0) is 14.1. The van der Waals surface area contributed by atoms with Crippen molar-refractivity contribution < 1.29 is 12.8 Å². The van der Waals surface area contributed by atoms with Crippen LogP contribution in [0.1, 0.15) is 25.7 Å². The summed E-state index contributed by atoms with van der Waals surface area (Å²) in [6.07, 6.45) is 3.23. The molecule has 0 bridgehead atoms. The summed E-state index contributed by atoms with van der Waals surface area (Å²) < 4.78 is 41.4. The summed E-state index contributed by atoms with van der Waals surface area (Å²) in [6.45, 7) is 0. The number of halogens is 3. The van der Waals surface area contributed by atoms with Gasteiger partial charge in [0, 0.05) is 15.9 Å². The smallest absolute Gasteiger partial charge is 0.207 e. The maximum absolute atomic E-state index is 13.8. The van der Waals surface area contributed by atoms with Gasteiger partial charge in [0.05, 0.1) is 0 Å². The lowest BCUT2D eigenvalue weighted by Gasteiger charge is -2.27. The van der Waals surface area contributed by atoms with Crippen LogP contribution in [0, 0.1) is 5.82 Å². The van der Waals surface area contributed by atoms with Crippen LogP contribution in [0.25, 0.3) is 0 Å². The summed E-state index contributed by atoms with van der Waals surface area (Å²) in [4.78, 5) is -0.341. The Kier molecular flexibility index (Phi) is 4.55. The minimum absolute atomic E-state index is 0.199. The van der Waals surface area contributed by atoms with Gasteiger partial charge in [-0.25, -0.2) is 17.5 Å². The molecule has 1 aromatic rings. The maximum Gasteiger partial charge on any atom is 0.244 e. The lowest BCUT2D eigenvalue weighted by atomic mass is 10.0. The van der Waals surface area contributed by atoms with Crippen LogP contribution in [-0.2, 0) is 10.0 Å². The lowest BCUT2D eigenvalue weighted by Crippen LogP contribution is -2.47. The highest BCUT2D eigenvalue weighted by Crippen LogP contribution is 2.32. The van der Waals surface area contributed by atoms with Crippen LogP contribution in [0.4, 0.5) is 4.39 Å². The first-order valence-corrected chi connectivity index (χ1v) is 8.75. The molecule has 0 saturated heterocycles. The Hall–Kier alpha value is -0.170. The number of hydrogen-bond acceptors (Lipinski definition) is 2. The highest BCUT2D eigenvalue weighted by atomic mass is 79.9. The Morgan fingerprint density at radius 2 is 2.00 bits per heavy atom. The van der Waals surface area contributed by atoms with Gasteiger partial charge in [-0.2, -0.15) is 0 Å². The average molecular weight is 371 g/mol. The van der Waals surface area contributed by atoms with Crippen LogP contribution in [0.5, 0.6) is 0 Å². The molecule has 1 aliphatic rings. The van der Waals surface area contributed by atoms with Gasteiger partial charge in [-0.15, -0.1) is 11.6 Å². The van der Waals surface area contributed by atoms with Gasteiger partial charge in [-0.05, 0) is 31.0 Å². The molecule has 0 aromatic heterocycles. The van der Waals surface area contributed by atoms with Crippen molar-refractivity contribution in [1.29, 1.82) is 0 Å². The molecule has 1 fully saturated rings. The molecular formula is C12H14BrClFNO2S. The van der Waals surface area contributed by atoms with Crippen molar-refractivity contribution >= 4 is 37.6 Å². The molecule has 0 aliphatic heterocycles. The molecule has 3 nitrogen and oxygen atoms in total. The SMILES string of the molecule is O=S(=O)(NC1(CCl)CCCC1)c1ccc(Br)cc1F. The van der Waals surface area contributed by atoms with Crippen LogP contribution in [-0.4, -0.2) is 19.8 Å². The van der Waals surface area contributed by atoms with E-state index in [4.69, 9.17) is 11.6 Å². The summed E-state index contributed by atoms with van der Waals surface area (Å²) in [5.74, 6) is -0.575. The van der Waals surface area contributed by atoms with Gasteiger partial charge < -0.3 is 0 Å². The normalized spacial score (nSPS) is 18.7. The summed E-state index contributed by atoms with van der Waals surface area (Å²) >= 11 is 8.99. The number of sulfonamides is 1. The second kappa shape index (κ2) is 5.68. The van der Waals surface area contributed by atoms with Crippen LogP contribution in [0.15, 0.2) is 27.6 Å². The van der Waals surface area contributed by atoms with Crippen LogP contribution >= 0.6 is 27.5 Å². The Bertz CT molecular complexity index is 573. The molecule has 2 rings (SSSR count). The van der Waals surface area contributed by atoms with Gasteiger partial charge >= 0.3 is 0 Å². The standard InChI is InChI=1S/C12H14BrClFNO2S/c13-9-3-4-11(10(15)7-9)19(17,18)16-12(8-14)5-1-2-6-12/h3-4,7,16H,1-2,5-6,8H2. The van der Waals surface area contributed by atoms with Crippen molar-refractivity contribution in [1.82, 2.24) is 4.72 Å². The number of benzene rings is 1. The Balaban J connectivity index is 2.32. The van der Waals surface area contributed by atoms with Crippen molar-refractivity contribution in [3.8, 4) is 0 Å². The van der Waals surface area contributed by atoms with Gasteiger partial charge in [0.25, 0.3) is 0 Å². The maximum atomic E-state index is 13.8. The molecule has 0 spiro atoms. The average Bonchev–Trinajstić information content (AvgIpc) is 2.77. The summed E-state index contributed by atoms with van der Waals surface area (Å²) in [7, 11) is -3.89. The first-order chi connectivity index (χ1) is 8.88. The van der Waals surface area contributed by atoms with Crippen molar-refractivity contribution in [3.05, 3.63) is 28.5 Å². The van der Waals surface area contributed by atoms with Gasteiger partial charge in [0.15, 0.2) is 0 Å². The van der Waals surface area contributed by atoms with Crippen LogP contribution in [0.3, 0.4) is 0 Å². The van der Waals surface area contributed by atoms with Gasteiger partial charge in [-0.1, -0.05) is 28.8 Å². The lowest BCUT2D eigenvalue weighted by molar-refractivity contribution is 0.431. The molecule has 106 valence electrons. The van der Waals surface area contributed by atoms with E-state index in [2.05, 4.69) is 20.7 Å². The zero-order valence-corrected chi connectivity index (χ0v) is 13.3. The largest absolute Gasteiger partial charge is 0.244 e. The quantitative estimate of drug-likeness (QED) is 0.826. The third kappa shape index (κ3) is 3.29. The minimum Gasteiger partial charge on any atom is -0.207 e. The van der Waals surface area contributed by atoms with Crippen molar-refractivity contribution in [3.63, 3.8) is 0 Å². The summed E-state index contributed by atoms with van der Waals surface area (Å²) in [5, 5.41) is 0. The fourth-order valence-electron chi connectivity index (χ4n) is 2.35. The predicted octanol–water partition coefficient (Wildman–Crippen LogP) is 3.42. The second-order valence-corrected chi connectivity index (χ2v) is 7.64. The molecule has 7 heteroatoms. The van der Waals surface area contributed by atoms with Gasteiger partial charge in [-0.3, -0.25) is 0 Å². The first kappa shape index (κ1) is 15.2. The first-order valence-electron chi connectivity index (χ1n) is 5.94. The molecular weight excluding hydrogens is 357 g/mol. The van der Waals surface area contributed by atoms with Crippen LogP contribution in [0.2, 0.25) is 0 Å². The van der Waals surface area contributed by atoms with E-state index in [9.17, 15) is 12.8 Å². The van der Waals surface area contributed by atoms with Gasteiger partial charge in [0.2, 0.25) is 10.0 Å². The molecule has 0 amide bonds. The highest BCUT2D eigenvalue weighted by molar-refractivity contribution is 9.10. The van der Waals surface area contributed by atoms with Gasteiger partial charge in [0.1, 0.15) is 10.7 Å². The minimum atomic E-state index is -3.89. The molecule has 1 aromatic carbocycles. The number of alkyl halides is 1. The van der Waals surface area contributed by atoms with E-state index in [-0.39, 0.29) is 10.8 Å². The third-order valence-electron chi connectivity index (χ3n) is 3.35. The van der Waals surface area contributed by atoms with Crippen LogP contribution < -0.4 is 4.72 Å². The molecule has 19 heavy (non-hydrogen) atoms. The third-order valence-corrected chi connectivity index (χ3v) is 5.97. The van der Waals surface area contributed by atoms with Crippen molar-refractivity contribution in [2.75, 3.05) is 5.88 Å². The Morgan fingerprint density at radius 3 is 2.53 bits per heavy atom. The molecule has 0 atom stereocenters. The molecule has 1 aliphatic carbocycles. The van der Waals surface area contributed by atoms with E-state index in [1.807, 2.05) is 0 Å². The Labute approximate surface area is 125 Å². The van der Waals surface area contributed by atoms with Crippen molar-refractivity contribution in [2.45, 2.75) is 36.1 Å². The number of rotatable bonds is 4. The number of hydrogen-bond donors (Lipinski definition) is 1. The van der Waals surface area contributed by atoms with Crippen molar-refractivity contribution in [2.24, 2.45) is 0 Å². The highest BCUT2D eigenvalue weighted by Gasteiger charge is 2.38. The number of nitrogens with one attached hydrogen (secondary N) is 1. The predicted molar refractivity (Wildman–Crippen MR) is 76.3 cm³/mol. The fraction of sp³-hybridized carbons (Fsp3) is 0.500. The second-order valence-electron chi connectivity index (χ2n) is 4.80. The fourth-order valence-corrected chi connectivity index (χ4v) is 4.61. The van der Waals surface area contributed by atoms with E-state index >= 15 is 0 Å². The monoisotopic (exact) mass is 369 g/mol. The Morgan fingerprint density at radius 1 is 1.37 bits per heavy atom. The van der Waals surface area contributed by atoms with E-state index < -0.39 is 21.4 Å². The molecule has 1 saturated carbocycles. The van der Waals surface area contributed by atoms with E-state index in [0.29, 0.717) is 17.3 Å². The molecule has 0 heterocycles. The molecule has 0 unspecified atom stereocenters. The summed E-state index contributed by atoms with van der Waals surface area (Å²) in [6, 6.07) is 3.88. The van der Waals surface area contributed by atoms with E-state index in [1.165, 1.54) is 12.1 Å². The summed E-state index contributed by atoms with van der Waals surface area (Å²) in [5.41, 5.74) is -0.639. The molecule has 0 radical (unpaired) electrons. The zero-order valence-electron chi connectivity index (χ0n) is 10.1.